The monoisotopic (exact) mass is 295 g/mol. The van der Waals surface area contributed by atoms with Crippen molar-refractivity contribution in [3.05, 3.63) is 34.9 Å². The summed E-state index contributed by atoms with van der Waals surface area (Å²) in [5.41, 5.74) is 4.57. The molecule has 1 aromatic rings. The molecule has 0 spiro atoms. The highest BCUT2D eigenvalue weighted by Crippen LogP contribution is 2.43. The normalized spacial score (nSPS) is 14.1. The second-order valence-electron chi connectivity index (χ2n) is 3.15. The van der Waals surface area contributed by atoms with Gasteiger partial charge in [0.15, 0.2) is 0 Å². The Hall–Kier alpha value is -0.590. The minimum atomic E-state index is -5.67. The largest absolute Gasteiger partial charge is 0.455 e. The van der Waals surface area contributed by atoms with E-state index in [4.69, 9.17) is 17.3 Å². The molecule has 0 saturated heterocycles. The van der Waals surface area contributed by atoms with Crippen molar-refractivity contribution in [1.29, 1.82) is 0 Å². The highest BCUT2D eigenvalue weighted by molar-refractivity contribution is 6.30. The lowest BCUT2D eigenvalue weighted by molar-refractivity contribution is -0.291. The molecule has 0 aliphatic carbocycles. The van der Waals surface area contributed by atoms with Gasteiger partial charge in [-0.3, -0.25) is 0 Å². The number of nitrogens with two attached hydrogens (primary N) is 1. The van der Waals surface area contributed by atoms with Crippen LogP contribution in [0, 0.1) is 0 Å². The Morgan fingerprint density at radius 2 is 1.41 bits per heavy atom. The molecule has 0 saturated carbocycles. The first-order valence-corrected chi connectivity index (χ1v) is 4.49. The molecule has 0 heterocycles. The smallest absolute Gasteiger partial charge is 0.319 e. The molecule has 0 fully saturated rings. The van der Waals surface area contributed by atoms with Gasteiger partial charge in [0, 0.05) is 5.02 Å². The highest BCUT2D eigenvalue weighted by Gasteiger charge is 2.61. The molecule has 8 heteroatoms. The summed E-state index contributed by atoms with van der Waals surface area (Å²) >= 11 is 5.47. The van der Waals surface area contributed by atoms with Gasteiger partial charge in [0.05, 0.1) is 0 Å². The average Bonchev–Trinajstić information content (AvgIpc) is 2.16. The molecule has 98 valence electrons. The van der Waals surface area contributed by atoms with Crippen LogP contribution in [-0.4, -0.2) is 12.1 Å². The van der Waals surface area contributed by atoms with Gasteiger partial charge in [-0.05, 0) is 17.7 Å². The Bertz CT molecular complexity index is 363. The van der Waals surface area contributed by atoms with Crippen molar-refractivity contribution in [3.63, 3.8) is 0 Å². The van der Waals surface area contributed by atoms with E-state index in [1.165, 1.54) is 12.1 Å². The molecule has 1 aromatic carbocycles. The van der Waals surface area contributed by atoms with Crippen LogP contribution in [0.4, 0.5) is 22.0 Å². The van der Waals surface area contributed by atoms with Crippen LogP contribution in [-0.2, 0) is 0 Å². The van der Waals surface area contributed by atoms with Crippen LogP contribution in [0.25, 0.3) is 0 Å². The summed E-state index contributed by atoms with van der Waals surface area (Å²) in [6.45, 7) is 0. The van der Waals surface area contributed by atoms with E-state index in [0.29, 0.717) is 0 Å². The molecular formula is C9H8Cl2F5N. The van der Waals surface area contributed by atoms with Crippen molar-refractivity contribution >= 4 is 24.0 Å². The lowest BCUT2D eigenvalue weighted by Gasteiger charge is -2.25. The van der Waals surface area contributed by atoms with Gasteiger partial charge in [0.1, 0.15) is 6.04 Å². The fourth-order valence-electron chi connectivity index (χ4n) is 1.06. The van der Waals surface area contributed by atoms with Crippen LogP contribution in [0.3, 0.4) is 0 Å². The fourth-order valence-corrected chi connectivity index (χ4v) is 1.18. The second kappa shape index (κ2) is 5.37. The third kappa shape index (κ3) is 3.43. The van der Waals surface area contributed by atoms with Gasteiger partial charge in [-0.2, -0.15) is 22.0 Å². The van der Waals surface area contributed by atoms with E-state index >= 15 is 0 Å². The Balaban J connectivity index is 0.00000256. The zero-order valence-corrected chi connectivity index (χ0v) is 9.71. The van der Waals surface area contributed by atoms with Crippen molar-refractivity contribution in [3.8, 4) is 0 Å². The number of rotatable bonds is 2. The predicted molar refractivity (Wildman–Crippen MR) is 56.6 cm³/mol. The summed E-state index contributed by atoms with van der Waals surface area (Å²) in [7, 11) is 0. The van der Waals surface area contributed by atoms with Gasteiger partial charge in [-0.1, -0.05) is 23.7 Å². The molecule has 1 atom stereocenters. The maximum atomic E-state index is 12.8. The molecule has 0 amide bonds. The number of hydrogen-bond donors (Lipinski definition) is 1. The third-order valence-electron chi connectivity index (χ3n) is 2.00. The van der Waals surface area contributed by atoms with Crippen molar-refractivity contribution in [1.82, 2.24) is 0 Å². The summed E-state index contributed by atoms with van der Waals surface area (Å²) in [4.78, 5) is 0. The van der Waals surface area contributed by atoms with Crippen LogP contribution >= 0.6 is 24.0 Å². The van der Waals surface area contributed by atoms with E-state index in [-0.39, 0.29) is 23.0 Å². The molecule has 0 bridgehead atoms. The Morgan fingerprint density at radius 1 is 1.00 bits per heavy atom. The van der Waals surface area contributed by atoms with Gasteiger partial charge in [0.25, 0.3) is 0 Å². The van der Waals surface area contributed by atoms with Crippen LogP contribution in [0.2, 0.25) is 5.02 Å². The minimum absolute atomic E-state index is 0. The quantitative estimate of drug-likeness (QED) is 0.821. The van der Waals surface area contributed by atoms with Crippen molar-refractivity contribution in [2.75, 3.05) is 0 Å². The molecule has 2 N–H and O–H groups in total. The van der Waals surface area contributed by atoms with E-state index in [1.807, 2.05) is 0 Å². The number of halogens is 7. The summed E-state index contributed by atoms with van der Waals surface area (Å²) < 4.78 is 61.6. The summed E-state index contributed by atoms with van der Waals surface area (Å²) in [6.07, 6.45) is -5.67. The molecule has 0 aliphatic heterocycles. The maximum absolute atomic E-state index is 12.8. The standard InChI is InChI=1S/C9H7ClF5N.ClH/c10-6-3-1-5(2-4-6)7(16)8(11,12)9(13,14)15;/h1-4,7H,16H2;1H/t7-;/m1./s1. The van der Waals surface area contributed by atoms with Crippen LogP contribution < -0.4 is 5.73 Å². The summed E-state index contributed by atoms with van der Waals surface area (Å²) in [5.74, 6) is -4.97. The minimum Gasteiger partial charge on any atom is -0.319 e. The first kappa shape index (κ1) is 16.4. The highest BCUT2D eigenvalue weighted by atomic mass is 35.5. The second-order valence-corrected chi connectivity index (χ2v) is 3.59. The molecule has 0 aromatic heterocycles. The number of hydrogen-bond acceptors (Lipinski definition) is 1. The topological polar surface area (TPSA) is 26.0 Å². The van der Waals surface area contributed by atoms with Gasteiger partial charge < -0.3 is 5.73 Å². The zero-order chi connectivity index (χ0) is 12.6. The molecular weight excluding hydrogens is 288 g/mol. The predicted octanol–water partition coefficient (Wildman–Crippen LogP) is 3.96. The number of benzene rings is 1. The van der Waals surface area contributed by atoms with Crippen LogP contribution in [0.1, 0.15) is 11.6 Å². The fraction of sp³-hybridized carbons (Fsp3) is 0.333. The third-order valence-corrected chi connectivity index (χ3v) is 2.25. The summed E-state index contributed by atoms with van der Waals surface area (Å²) in [5, 5.41) is 0.228. The molecule has 1 nitrogen and oxygen atoms in total. The molecule has 0 unspecified atom stereocenters. The lowest BCUT2D eigenvalue weighted by atomic mass is 10.0. The molecule has 0 aliphatic rings. The Kier molecular flexibility index (Phi) is 5.18. The van der Waals surface area contributed by atoms with E-state index < -0.39 is 18.1 Å². The van der Waals surface area contributed by atoms with Crippen LogP contribution in [0.5, 0.6) is 0 Å². The van der Waals surface area contributed by atoms with Crippen molar-refractivity contribution in [2.45, 2.75) is 18.1 Å². The zero-order valence-electron chi connectivity index (χ0n) is 8.14. The molecule has 0 radical (unpaired) electrons. The van der Waals surface area contributed by atoms with Crippen LogP contribution in [0.15, 0.2) is 24.3 Å². The van der Waals surface area contributed by atoms with Gasteiger partial charge in [-0.15, -0.1) is 12.4 Å². The van der Waals surface area contributed by atoms with Gasteiger partial charge in [0.2, 0.25) is 0 Å². The van der Waals surface area contributed by atoms with E-state index in [2.05, 4.69) is 0 Å². The lowest BCUT2D eigenvalue weighted by Crippen LogP contribution is -2.45. The maximum Gasteiger partial charge on any atom is 0.455 e. The molecule has 17 heavy (non-hydrogen) atoms. The van der Waals surface area contributed by atoms with E-state index in [1.54, 1.807) is 0 Å². The summed E-state index contributed by atoms with van der Waals surface area (Å²) in [6, 6.07) is 2.02. The van der Waals surface area contributed by atoms with Crippen molar-refractivity contribution in [2.24, 2.45) is 5.73 Å². The average molecular weight is 296 g/mol. The Labute approximate surface area is 105 Å². The van der Waals surface area contributed by atoms with Gasteiger partial charge >= 0.3 is 12.1 Å². The van der Waals surface area contributed by atoms with E-state index in [0.717, 1.165) is 12.1 Å². The number of alkyl halides is 5. The van der Waals surface area contributed by atoms with Crippen molar-refractivity contribution < 1.29 is 22.0 Å². The van der Waals surface area contributed by atoms with Gasteiger partial charge in [-0.25, -0.2) is 0 Å². The SMILES string of the molecule is Cl.N[C@H](c1ccc(Cl)cc1)C(F)(F)C(F)(F)F. The van der Waals surface area contributed by atoms with E-state index in [9.17, 15) is 22.0 Å². The first-order valence-electron chi connectivity index (χ1n) is 4.12. The molecule has 1 rings (SSSR count). The first-order chi connectivity index (χ1) is 7.16. The Morgan fingerprint density at radius 3 is 1.76 bits per heavy atom.